The van der Waals surface area contributed by atoms with Gasteiger partial charge in [0.2, 0.25) is 10.0 Å². The summed E-state index contributed by atoms with van der Waals surface area (Å²) in [5, 5.41) is -0.277. The predicted octanol–water partition coefficient (Wildman–Crippen LogP) is 2.68. The van der Waals surface area contributed by atoms with Crippen LogP contribution in [0.15, 0.2) is 23.1 Å². The second kappa shape index (κ2) is 5.99. The van der Waals surface area contributed by atoms with Gasteiger partial charge in [0.05, 0.1) is 4.90 Å². The van der Waals surface area contributed by atoms with E-state index in [9.17, 15) is 12.8 Å². The van der Waals surface area contributed by atoms with Gasteiger partial charge in [0.15, 0.2) is 0 Å². The Hall–Kier alpha value is -0.650. The molecule has 1 unspecified atom stereocenters. The van der Waals surface area contributed by atoms with Gasteiger partial charge in [-0.05, 0) is 36.6 Å². The van der Waals surface area contributed by atoms with Crippen molar-refractivity contribution in [1.82, 2.24) is 4.72 Å². The highest BCUT2D eigenvalue weighted by atomic mass is 35.5. The highest BCUT2D eigenvalue weighted by molar-refractivity contribution is 7.89. The Kier molecular flexibility index (Phi) is 5.13. The minimum Gasteiger partial charge on any atom is -0.210 e. The molecule has 1 rings (SSSR count). The minimum absolute atomic E-state index is 0.0801. The number of nitrogens with one attached hydrogen (secondary N) is 1. The molecule has 0 heterocycles. The van der Waals surface area contributed by atoms with Crippen molar-refractivity contribution in [2.45, 2.75) is 31.0 Å². The first kappa shape index (κ1) is 15.4. The van der Waals surface area contributed by atoms with Gasteiger partial charge >= 0.3 is 0 Å². The molecule has 1 aromatic carbocycles. The molecule has 0 aromatic heterocycles. The fourth-order valence-electron chi connectivity index (χ4n) is 1.42. The summed E-state index contributed by atoms with van der Waals surface area (Å²) in [5.41, 5.74) is 0.373. The third kappa shape index (κ3) is 3.93. The predicted molar refractivity (Wildman–Crippen MR) is 70.8 cm³/mol. The third-order valence-electron chi connectivity index (χ3n) is 2.62. The van der Waals surface area contributed by atoms with Crippen LogP contribution in [0, 0.1) is 18.7 Å². The summed E-state index contributed by atoms with van der Waals surface area (Å²) in [5.74, 6) is -0.285. The van der Waals surface area contributed by atoms with Crippen LogP contribution in [-0.2, 0) is 10.0 Å². The van der Waals surface area contributed by atoms with E-state index in [0.29, 0.717) is 5.56 Å². The summed E-state index contributed by atoms with van der Waals surface area (Å²) in [6, 6.07) is 3.57. The number of benzene rings is 1. The number of alkyl halides is 1. The van der Waals surface area contributed by atoms with Crippen LogP contribution < -0.4 is 4.72 Å². The maximum atomic E-state index is 12.9. The summed E-state index contributed by atoms with van der Waals surface area (Å²) in [4.78, 5) is 0.0801. The summed E-state index contributed by atoms with van der Waals surface area (Å²) >= 11 is 5.99. The number of aryl methyl sites for hydroxylation is 1. The van der Waals surface area contributed by atoms with E-state index in [2.05, 4.69) is 4.72 Å². The van der Waals surface area contributed by atoms with Gasteiger partial charge in [0.1, 0.15) is 5.82 Å². The molecule has 1 N–H and O–H groups in total. The van der Waals surface area contributed by atoms with E-state index in [0.717, 1.165) is 6.07 Å². The van der Waals surface area contributed by atoms with Gasteiger partial charge in [-0.25, -0.2) is 17.5 Å². The van der Waals surface area contributed by atoms with Crippen molar-refractivity contribution >= 4 is 21.6 Å². The number of rotatable bonds is 5. The first-order valence-electron chi connectivity index (χ1n) is 5.64. The average molecular weight is 294 g/mol. The summed E-state index contributed by atoms with van der Waals surface area (Å²) in [6.07, 6.45) is 0. The fraction of sp³-hybridized carbons (Fsp3) is 0.500. The second-order valence-corrected chi connectivity index (χ2v) is 6.82. The van der Waals surface area contributed by atoms with E-state index < -0.39 is 15.8 Å². The van der Waals surface area contributed by atoms with Crippen LogP contribution in [0.5, 0.6) is 0 Å². The first-order valence-corrected chi connectivity index (χ1v) is 7.56. The standard InChI is InChI=1S/C12H17ClFNO2S/c1-8(2)11(13)7-15-18(16,17)12-5-4-10(14)6-9(12)3/h4-6,8,11,15H,7H2,1-3H3. The second-order valence-electron chi connectivity index (χ2n) is 4.52. The van der Waals surface area contributed by atoms with Gasteiger partial charge in [-0.3, -0.25) is 0 Å². The van der Waals surface area contributed by atoms with Crippen LogP contribution in [0.25, 0.3) is 0 Å². The van der Waals surface area contributed by atoms with Crippen molar-refractivity contribution in [3.63, 3.8) is 0 Å². The summed E-state index contributed by atoms with van der Waals surface area (Å²) < 4.78 is 39.4. The SMILES string of the molecule is Cc1cc(F)ccc1S(=O)(=O)NCC(Cl)C(C)C. The number of halogens is 2. The maximum Gasteiger partial charge on any atom is 0.240 e. The van der Waals surface area contributed by atoms with E-state index in [-0.39, 0.29) is 22.7 Å². The Bertz CT molecular complexity index is 517. The van der Waals surface area contributed by atoms with Crippen LogP contribution in [-0.4, -0.2) is 20.3 Å². The lowest BCUT2D eigenvalue weighted by Gasteiger charge is -2.15. The molecule has 3 nitrogen and oxygen atoms in total. The largest absolute Gasteiger partial charge is 0.240 e. The van der Waals surface area contributed by atoms with Crippen LogP contribution in [0.2, 0.25) is 0 Å². The van der Waals surface area contributed by atoms with Gasteiger partial charge in [-0.15, -0.1) is 11.6 Å². The van der Waals surface area contributed by atoms with Crippen molar-refractivity contribution in [2.75, 3.05) is 6.54 Å². The minimum atomic E-state index is -3.64. The van der Waals surface area contributed by atoms with Crippen molar-refractivity contribution in [3.05, 3.63) is 29.6 Å². The number of hydrogen-bond acceptors (Lipinski definition) is 2. The molecule has 0 fully saturated rings. The molecule has 0 spiro atoms. The van der Waals surface area contributed by atoms with Crippen molar-refractivity contribution in [3.8, 4) is 0 Å². The molecule has 0 radical (unpaired) electrons. The third-order valence-corrected chi connectivity index (χ3v) is 4.86. The topological polar surface area (TPSA) is 46.2 Å². The lowest BCUT2D eigenvalue weighted by molar-refractivity contribution is 0.555. The van der Waals surface area contributed by atoms with Crippen molar-refractivity contribution in [1.29, 1.82) is 0 Å². The molecule has 18 heavy (non-hydrogen) atoms. The highest BCUT2D eigenvalue weighted by Crippen LogP contribution is 2.16. The Labute approximate surface area is 112 Å². The monoisotopic (exact) mass is 293 g/mol. The summed E-state index contributed by atoms with van der Waals surface area (Å²) in [6.45, 7) is 5.53. The van der Waals surface area contributed by atoms with Crippen LogP contribution in [0.1, 0.15) is 19.4 Å². The molecule has 0 amide bonds. The zero-order valence-corrected chi connectivity index (χ0v) is 12.1. The number of sulfonamides is 1. The molecule has 1 atom stereocenters. The average Bonchev–Trinajstić information content (AvgIpc) is 2.25. The Morgan fingerprint density at radius 3 is 2.50 bits per heavy atom. The normalized spacial score (nSPS) is 13.9. The van der Waals surface area contributed by atoms with E-state index in [1.807, 2.05) is 13.8 Å². The van der Waals surface area contributed by atoms with Gasteiger partial charge < -0.3 is 0 Å². The maximum absolute atomic E-state index is 12.9. The highest BCUT2D eigenvalue weighted by Gasteiger charge is 2.19. The molecule has 102 valence electrons. The zero-order chi connectivity index (χ0) is 13.9. The Morgan fingerprint density at radius 2 is 2.00 bits per heavy atom. The van der Waals surface area contributed by atoms with E-state index in [1.165, 1.54) is 12.1 Å². The molecule has 0 bridgehead atoms. The van der Waals surface area contributed by atoms with E-state index >= 15 is 0 Å². The zero-order valence-electron chi connectivity index (χ0n) is 10.6. The Balaban J connectivity index is 2.87. The lowest BCUT2D eigenvalue weighted by Crippen LogP contribution is -2.32. The van der Waals surface area contributed by atoms with E-state index in [1.54, 1.807) is 6.92 Å². The smallest absolute Gasteiger partial charge is 0.210 e. The lowest BCUT2D eigenvalue weighted by atomic mass is 10.1. The molecule has 0 saturated carbocycles. The molecule has 0 aliphatic rings. The quantitative estimate of drug-likeness (QED) is 0.849. The number of hydrogen-bond donors (Lipinski definition) is 1. The summed E-state index contributed by atoms with van der Waals surface area (Å²) in [7, 11) is -3.64. The van der Waals surface area contributed by atoms with Crippen molar-refractivity contribution in [2.24, 2.45) is 5.92 Å². The molecule has 0 aliphatic heterocycles. The van der Waals surface area contributed by atoms with Gasteiger partial charge in [-0.2, -0.15) is 0 Å². The van der Waals surface area contributed by atoms with Crippen LogP contribution >= 0.6 is 11.6 Å². The molecular formula is C12H17ClFNO2S. The van der Waals surface area contributed by atoms with Gasteiger partial charge in [0.25, 0.3) is 0 Å². The molecule has 0 aliphatic carbocycles. The fourth-order valence-corrected chi connectivity index (χ4v) is 2.87. The van der Waals surface area contributed by atoms with Crippen molar-refractivity contribution < 1.29 is 12.8 Å². The van der Waals surface area contributed by atoms with Gasteiger partial charge in [-0.1, -0.05) is 13.8 Å². The molecule has 6 heteroatoms. The van der Waals surface area contributed by atoms with Crippen LogP contribution in [0.4, 0.5) is 4.39 Å². The van der Waals surface area contributed by atoms with E-state index in [4.69, 9.17) is 11.6 Å². The van der Waals surface area contributed by atoms with Crippen LogP contribution in [0.3, 0.4) is 0 Å². The molecular weight excluding hydrogens is 277 g/mol. The molecule has 0 saturated heterocycles. The first-order chi connectivity index (χ1) is 8.24. The van der Waals surface area contributed by atoms with Gasteiger partial charge in [0, 0.05) is 11.9 Å². The Morgan fingerprint density at radius 1 is 1.39 bits per heavy atom. The molecule has 1 aromatic rings.